The molecule has 0 aliphatic carbocycles. The highest BCUT2D eigenvalue weighted by Crippen LogP contribution is 2.33. The summed E-state index contributed by atoms with van der Waals surface area (Å²) in [6, 6.07) is 5.03. The zero-order chi connectivity index (χ0) is 16.6. The van der Waals surface area contributed by atoms with E-state index in [2.05, 4.69) is 4.98 Å². The highest BCUT2D eigenvalue weighted by molar-refractivity contribution is 7.89. The van der Waals surface area contributed by atoms with Crippen LogP contribution in [-0.4, -0.2) is 30.8 Å². The molecule has 3 rings (SSSR count). The standard InChI is InChI=1S/C16H19ClN2O2S2/c1-11-10-22-16(18-11)13-6-8-19(9-7-13)23(20,21)15-5-3-4-14(17)12(15)2/h3-5,10,13H,6-9H2,1-2H3. The largest absolute Gasteiger partial charge is 0.246 e. The van der Waals surface area contributed by atoms with E-state index in [9.17, 15) is 8.42 Å². The summed E-state index contributed by atoms with van der Waals surface area (Å²) in [6.07, 6.45) is 1.62. The zero-order valence-electron chi connectivity index (χ0n) is 13.1. The van der Waals surface area contributed by atoms with E-state index < -0.39 is 10.0 Å². The van der Waals surface area contributed by atoms with Crippen molar-refractivity contribution >= 4 is 33.0 Å². The summed E-state index contributed by atoms with van der Waals surface area (Å²) in [6.45, 7) is 4.79. The summed E-state index contributed by atoms with van der Waals surface area (Å²) >= 11 is 7.74. The van der Waals surface area contributed by atoms with Gasteiger partial charge in [-0.3, -0.25) is 0 Å². The van der Waals surface area contributed by atoms with Crippen LogP contribution in [0.15, 0.2) is 28.5 Å². The molecule has 2 heterocycles. The van der Waals surface area contributed by atoms with E-state index in [1.165, 1.54) is 0 Å². The second-order valence-corrected chi connectivity index (χ2v) is 9.07. The number of halogens is 1. The quantitative estimate of drug-likeness (QED) is 0.821. The van der Waals surface area contributed by atoms with E-state index in [4.69, 9.17) is 11.6 Å². The third-order valence-corrected chi connectivity index (χ3v) is 7.85. The van der Waals surface area contributed by atoms with Crippen LogP contribution in [0.5, 0.6) is 0 Å². The number of sulfonamides is 1. The summed E-state index contributed by atoms with van der Waals surface area (Å²) in [5.74, 6) is 0.362. The molecule has 23 heavy (non-hydrogen) atoms. The van der Waals surface area contributed by atoms with Crippen LogP contribution in [0.3, 0.4) is 0 Å². The highest BCUT2D eigenvalue weighted by atomic mass is 35.5. The summed E-state index contributed by atoms with van der Waals surface area (Å²) in [4.78, 5) is 4.85. The fraction of sp³-hybridized carbons (Fsp3) is 0.438. The van der Waals surface area contributed by atoms with Crippen molar-refractivity contribution in [3.63, 3.8) is 0 Å². The molecule has 1 saturated heterocycles. The van der Waals surface area contributed by atoms with Crippen LogP contribution in [0.1, 0.15) is 35.0 Å². The maximum atomic E-state index is 12.9. The molecule has 0 radical (unpaired) electrons. The first-order valence-corrected chi connectivity index (χ1v) is 10.3. The van der Waals surface area contributed by atoms with Gasteiger partial charge in [-0.15, -0.1) is 11.3 Å². The van der Waals surface area contributed by atoms with Gasteiger partial charge in [0.1, 0.15) is 0 Å². The van der Waals surface area contributed by atoms with Crippen molar-refractivity contribution in [2.45, 2.75) is 37.5 Å². The summed E-state index contributed by atoms with van der Waals surface area (Å²) in [5, 5.41) is 3.66. The Labute approximate surface area is 146 Å². The second-order valence-electron chi connectivity index (χ2n) is 5.87. The number of nitrogens with zero attached hydrogens (tertiary/aromatic N) is 2. The molecule has 2 aromatic rings. The first-order chi connectivity index (χ1) is 10.9. The molecule has 0 unspecified atom stereocenters. The molecule has 0 spiro atoms. The number of hydrogen-bond donors (Lipinski definition) is 0. The highest BCUT2D eigenvalue weighted by Gasteiger charge is 2.32. The van der Waals surface area contributed by atoms with Crippen molar-refractivity contribution in [3.8, 4) is 0 Å². The maximum absolute atomic E-state index is 12.9. The van der Waals surface area contributed by atoms with Gasteiger partial charge in [0.2, 0.25) is 10.0 Å². The third-order valence-electron chi connectivity index (χ3n) is 4.28. The zero-order valence-corrected chi connectivity index (χ0v) is 15.5. The minimum Gasteiger partial charge on any atom is -0.246 e. The SMILES string of the molecule is Cc1csc(C2CCN(S(=O)(=O)c3cccc(Cl)c3C)CC2)n1. The van der Waals surface area contributed by atoms with Gasteiger partial charge in [-0.1, -0.05) is 17.7 Å². The van der Waals surface area contributed by atoms with Crippen LogP contribution in [0.2, 0.25) is 5.02 Å². The average molecular weight is 371 g/mol. The van der Waals surface area contributed by atoms with Crippen LogP contribution < -0.4 is 0 Å². The van der Waals surface area contributed by atoms with E-state index in [1.54, 1.807) is 40.8 Å². The van der Waals surface area contributed by atoms with Crippen molar-refractivity contribution in [1.29, 1.82) is 0 Å². The van der Waals surface area contributed by atoms with Gasteiger partial charge in [0.05, 0.1) is 9.90 Å². The maximum Gasteiger partial charge on any atom is 0.243 e. The van der Waals surface area contributed by atoms with Gasteiger partial charge in [-0.2, -0.15) is 4.31 Å². The Bertz CT molecular complexity index is 809. The number of rotatable bonds is 3. The number of thiazole rings is 1. The van der Waals surface area contributed by atoms with E-state index in [0.717, 1.165) is 23.5 Å². The molecular weight excluding hydrogens is 352 g/mol. The lowest BCUT2D eigenvalue weighted by molar-refractivity contribution is 0.319. The van der Waals surface area contributed by atoms with Gasteiger partial charge in [-0.05, 0) is 44.4 Å². The topological polar surface area (TPSA) is 50.3 Å². The van der Waals surface area contributed by atoms with Gasteiger partial charge in [0, 0.05) is 35.1 Å². The first kappa shape index (κ1) is 16.9. The third kappa shape index (κ3) is 3.31. The van der Waals surface area contributed by atoms with Crippen molar-refractivity contribution in [1.82, 2.24) is 9.29 Å². The van der Waals surface area contributed by atoms with E-state index in [1.807, 2.05) is 12.3 Å². The number of hydrogen-bond acceptors (Lipinski definition) is 4. The number of aromatic nitrogens is 1. The van der Waals surface area contributed by atoms with Crippen molar-refractivity contribution < 1.29 is 8.42 Å². The summed E-state index contributed by atoms with van der Waals surface area (Å²) in [5.41, 5.74) is 1.65. The molecule has 0 N–H and O–H groups in total. The lowest BCUT2D eigenvalue weighted by Crippen LogP contribution is -2.38. The van der Waals surface area contributed by atoms with Crippen LogP contribution >= 0.6 is 22.9 Å². The van der Waals surface area contributed by atoms with Gasteiger partial charge in [0.15, 0.2) is 0 Å². The van der Waals surface area contributed by atoms with Crippen LogP contribution in [0.25, 0.3) is 0 Å². The number of aryl methyl sites for hydroxylation is 1. The lowest BCUT2D eigenvalue weighted by Gasteiger charge is -2.30. The Hall–Kier alpha value is -0.950. The van der Waals surface area contributed by atoms with Gasteiger partial charge >= 0.3 is 0 Å². The smallest absolute Gasteiger partial charge is 0.243 e. The van der Waals surface area contributed by atoms with Crippen LogP contribution in [0.4, 0.5) is 0 Å². The molecule has 1 fully saturated rings. The lowest BCUT2D eigenvalue weighted by atomic mass is 9.99. The van der Waals surface area contributed by atoms with Crippen molar-refractivity contribution in [2.24, 2.45) is 0 Å². The molecule has 7 heteroatoms. The van der Waals surface area contributed by atoms with E-state index in [-0.39, 0.29) is 0 Å². The molecule has 0 bridgehead atoms. The molecule has 0 atom stereocenters. The Morgan fingerprint density at radius 1 is 1.26 bits per heavy atom. The summed E-state index contributed by atoms with van der Waals surface area (Å²) < 4.78 is 27.3. The van der Waals surface area contributed by atoms with Crippen molar-refractivity contribution in [2.75, 3.05) is 13.1 Å². The van der Waals surface area contributed by atoms with Crippen LogP contribution in [-0.2, 0) is 10.0 Å². The Balaban J connectivity index is 1.77. The molecule has 0 saturated carbocycles. The Kier molecular flexibility index (Phi) is 4.78. The average Bonchev–Trinajstić information content (AvgIpc) is 2.96. The number of benzene rings is 1. The molecular formula is C16H19ClN2O2S2. The monoisotopic (exact) mass is 370 g/mol. The minimum atomic E-state index is -3.48. The molecule has 1 aromatic carbocycles. The molecule has 1 aromatic heterocycles. The molecule has 1 aliphatic rings. The van der Waals surface area contributed by atoms with E-state index >= 15 is 0 Å². The fourth-order valence-corrected chi connectivity index (χ4v) is 5.83. The first-order valence-electron chi connectivity index (χ1n) is 7.57. The molecule has 0 amide bonds. The van der Waals surface area contributed by atoms with Crippen LogP contribution in [0, 0.1) is 13.8 Å². The molecule has 1 aliphatic heterocycles. The van der Waals surface area contributed by atoms with Gasteiger partial charge < -0.3 is 0 Å². The van der Waals surface area contributed by atoms with E-state index in [0.29, 0.717) is 34.5 Å². The predicted molar refractivity (Wildman–Crippen MR) is 93.8 cm³/mol. The fourth-order valence-electron chi connectivity index (χ4n) is 2.91. The van der Waals surface area contributed by atoms with Gasteiger partial charge in [0.25, 0.3) is 0 Å². The second kappa shape index (κ2) is 6.51. The predicted octanol–water partition coefficient (Wildman–Crippen LogP) is 3.98. The Morgan fingerprint density at radius 3 is 2.57 bits per heavy atom. The Morgan fingerprint density at radius 2 is 1.96 bits per heavy atom. The normalized spacial score (nSPS) is 17.5. The molecule has 124 valence electrons. The minimum absolute atomic E-state index is 0.313. The molecule has 4 nitrogen and oxygen atoms in total. The summed E-state index contributed by atoms with van der Waals surface area (Å²) in [7, 11) is -3.48. The van der Waals surface area contributed by atoms with Gasteiger partial charge in [-0.25, -0.2) is 13.4 Å². The van der Waals surface area contributed by atoms with Crippen molar-refractivity contribution in [3.05, 3.63) is 44.9 Å². The number of piperidine rings is 1.